The molecule has 2 aromatic carbocycles. The molecule has 1 unspecified atom stereocenters. The summed E-state index contributed by atoms with van der Waals surface area (Å²) in [6, 6.07) is 14.4. The summed E-state index contributed by atoms with van der Waals surface area (Å²) < 4.78 is 18.4. The summed E-state index contributed by atoms with van der Waals surface area (Å²) in [5.41, 5.74) is 8.71. The standard InChI is InChI=1S/C16H14FNO.C6H13NO/c17-14-7-5-13(6-8-14)16-15-4-2-1-3-12(15)9-10-18(16)11-19;1-5-2-3-6(4-7)8-5/h1-8,11,16H,9-10H2;5-6H,2-4,7H2,1H3/t16-;5?,6-/m01/s1. The van der Waals surface area contributed by atoms with Gasteiger partial charge in [-0.2, -0.15) is 0 Å². The Labute approximate surface area is 160 Å². The van der Waals surface area contributed by atoms with E-state index in [1.165, 1.54) is 24.1 Å². The highest BCUT2D eigenvalue weighted by Crippen LogP contribution is 2.34. The highest BCUT2D eigenvalue weighted by molar-refractivity contribution is 5.54. The first-order valence-electron chi connectivity index (χ1n) is 9.52. The maximum Gasteiger partial charge on any atom is 0.210 e. The van der Waals surface area contributed by atoms with Gasteiger partial charge in [0.05, 0.1) is 18.2 Å². The lowest BCUT2D eigenvalue weighted by molar-refractivity contribution is -0.119. The molecule has 2 aliphatic rings. The Balaban J connectivity index is 0.000000221. The first kappa shape index (κ1) is 19.5. The van der Waals surface area contributed by atoms with Gasteiger partial charge < -0.3 is 15.4 Å². The van der Waals surface area contributed by atoms with E-state index >= 15 is 0 Å². The van der Waals surface area contributed by atoms with Crippen molar-refractivity contribution in [2.24, 2.45) is 5.73 Å². The molecule has 0 saturated carbocycles. The zero-order valence-electron chi connectivity index (χ0n) is 15.7. The number of fused-ring (bicyclic) bond motifs is 1. The number of benzene rings is 2. The van der Waals surface area contributed by atoms with Crippen LogP contribution in [0.3, 0.4) is 0 Å². The van der Waals surface area contributed by atoms with Crippen molar-refractivity contribution in [1.29, 1.82) is 0 Å². The largest absolute Gasteiger partial charge is 0.374 e. The third-order valence-corrected chi connectivity index (χ3v) is 5.22. The number of nitrogens with two attached hydrogens (primary N) is 1. The van der Waals surface area contributed by atoms with Gasteiger partial charge in [0.1, 0.15) is 5.82 Å². The molecule has 0 aliphatic carbocycles. The first-order valence-corrected chi connectivity index (χ1v) is 9.52. The van der Waals surface area contributed by atoms with Gasteiger partial charge in [0.2, 0.25) is 6.41 Å². The zero-order valence-corrected chi connectivity index (χ0v) is 15.7. The summed E-state index contributed by atoms with van der Waals surface area (Å²) in [6.45, 7) is 3.47. The lowest BCUT2D eigenvalue weighted by Gasteiger charge is -2.35. The molecule has 4 nitrogen and oxygen atoms in total. The number of carbonyl (C=O) groups excluding carboxylic acids is 1. The summed E-state index contributed by atoms with van der Waals surface area (Å²) in [7, 11) is 0. The van der Waals surface area contributed by atoms with E-state index < -0.39 is 0 Å². The monoisotopic (exact) mass is 370 g/mol. The van der Waals surface area contributed by atoms with Crippen LogP contribution >= 0.6 is 0 Å². The maximum absolute atomic E-state index is 13.0. The molecule has 0 radical (unpaired) electrons. The highest BCUT2D eigenvalue weighted by Gasteiger charge is 2.27. The minimum atomic E-state index is -0.259. The second-order valence-corrected chi connectivity index (χ2v) is 7.13. The number of halogens is 1. The lowest BCUT2D eigenvalue weighted by Crippen LogP contribution is -2.34. The Bertz CT molecular complexity index is 750. The molecular weight excluding hydrogens is 343 g/mol. The van der Waals surface area contributed by atoms with E-state index in [1.54, 1.807) is 17.0 Å². The van der Waals surface area contributed by atoms with E-state index in [0.29, 0.717) is 25.3 Å². The van der Waals surface area contributed by atoms with Gasteiger partial charge in [0, 0.05) is 13.1 Å². The van der Waals surface area contributed by atoms with E-state index in [9.17, 15) is 9.18 Å². The average Bonchev–Trinajstić information content (AvgIpc) is 3.14. The van der Waals surface area contributed by atoms with Crippen LogP contribution in [0.5, 0.6) is 0 Å². The molecule has 2 aromatic rings. The molecule has 0 bridgehead atoms. The molecule has 1 fully saturated rings. The fraction of sp³-hybridized carbons (Fsp3) is 0.409. The van der Waals surface area contributed by atoms with E-state index in [1.807, 2.05) is 18.2 Å². The highest BCUT2D eigenvalue weighted by atomic mass is 19.1. The van der Waals surface area contributed by atoms with Crippen molar-refractivity contribution in [3.05, 3.63) is 71.0 Å². The van der Waals surface area contributed by atoms with Crippen LogP contribution in [-0.2, 0) is 16.0 Å². The zero-order chi connectivity index (χ0) is 19.2. The summed E-state index contributed by atoms with van der Waals surface area (Å²) in [6.07, 6.45) is 4.88. The molecule has 0 aromatic heterocycles. The molecule has 1 amide bonds. The molecule has 2 N–H and O–H groups in total. The molecule has 0 spiro atoms. The van der Waals surface area contributed by atoms with E-state index in [-0.39, 0.29) is 11.9 Å². The Kier molecular flexibility index (Phi) is 6.58. The molecule has 2 aliphatic heterocycles. The third-order valence-electron chi connectivity index (χ3n) is 5.22. The molecule has 4 rings (SSSR count). The molecule has 2 heterocycles. The normalized spacial score (nSPS) is 24.0. The van der Waals surface area contributed by atoms with Crippen molar-refractivity contribution in [3.63, 3.8) is 0 Å². The topological polar surface area (TPSA) is 55.6 Å². The summed E-state index contributed by atoms with van der Waals surface area (Å²) >= 11 is 0. The lowest BCUT2D eigenvalue weighted by atomic mass is 9.88. The van der Waals surface area contributed by atoms with Crippen LogP contribution in [0.25, 0.3) is 0 Å². The number of ether oxygens (including phenoxy) is 1. The van der Waals surface area contributed by atoms with Crippen LogP contribution in [0.4, 0.5) is 4.39 Å². The van der Waals surface area contributed by atoms with E-state index in [0.717, 1.165) is 30.4 Å². The van der Waals surface area contributed by atoms with Crippen molar-refractivity contribution < 1.29 is 13.9 Å². The SMILES string of the molecule is CC1CC[C@H](CN)O1.O=CN1CCc2ccccc2[C@@H]1c1ccc(F)cc1. The Hall–Kier alpha value is -2.24. The number of nitrogens with zero attached hydrogens (tertiary/aromatic N) is 1. The first-order chi connectivity index (χ1) is 13.1. The van der Waals surface area contributed by atoms with Gasteiger partial charge in [-0.1, -0.05) is 36.4 Å². The number of amides is 1. The second kappa shape index (κ2) is 9.11. The van der Waals surface area contributed by atoms with Crippen molar-refractivity contribution in [2.45, 2.75) is 44.4 Å². The summed E-state index contributed by atoms with van der Waals surface area (Å²) in [4.78, 5) is 13.0. The fourth-order valence-electron chi connectivity index (χ4n) is 3.77. The molecule has 3 atom stereocenters. The van der Waals surface area contributed by atoms with Gasteiger partial charge in [0.25, 0.3) is 0 Å². The van der Waals surface area contributed by atoms with Crippen LogP contribution in [0.15, 0.2) is 48.5 Å². The minimum Gasteiger partial charge on any atom is -0.374 e. The Morgan fingerprint density at radius 2 is 1.93 bits per heavy atom. The van der Waals surface area contributed by atoms with Crippen molar-refractivity contribution in [2.75, 3.05) is 13.1 Å². The molecular formula is C22H27FN2O2. The summed E-state index contributed by atoms with van der Waals surface area (Å²) in [5.74, 6) is -0.259. The van der Waals surface area contributed by atoms with Crippen molar-refractivity contribution in [3.8, 4) is 0 Å². The number of hydrogen-bond donors (Lipinski definition) is 1. The number of rotatable bonds is 3. The van der Waals surface area contributed by atoms with Gasteiger partial charge in [-0.05, 0) is 55.0 Å². The van der Waals surface area contributed by atoms with E-state index in [2.05, 4.69) is 13.0 Å². The van der Waals surface area contributed by atoms with Crippen LogP contribution in [0.1, 0.15) is 42.5 Å². The van der Waals surface area contributed by atoms with Crippen LogP contribution in [0.2, 0.25) is 0 Å². The van der Waals surface area contributed by atoms with Crippen molar-refractivity contribution in [1.82, 2.24) is 4.90 Å². The molecule has 144 valence electrons. The average molecular weight is 370 g/mol. The number of carbonyl (C=O) groups is 1. The predicted octanol–water partition coefficient (Wildman–Crippen LogP) is 3.44. The fourth-order valence-corrected chi connectivity index (χ4v) is 3.77. The smallest absolute Gasteiger partial charge is 0.210 e. The molecule has 5 heteroatoms. The van der Waals surface area contributed by atoms with Gasteiger partial charge in [-0.15, -0.1) is 0 Å². The van der Waals surface area contributed by atoms with Gasteiger partial charge in [0.15, 0.2) is 0 Å². The Morgan fingerprint density at radius 3 is 2.52 bits per heavy atom. The van der Waals surface area contributed by atoms with Crippen LogP contribution < -0.4 is 5.73 Å². The Morgan fingerprint density at radius 1 is 1.19 bits per heavy atom. The quantitative estimate of drug-likeness (QED) is 0.842. The maximum atomic E-state index is 13.0. The minimum absolute atomic E-state index is 0.108. The molecule has 1 saturated heterocycles. The van der Waals surface area contributed by atoms with Gasteiger partial charge in [-0.3, -0.25) is 4.79 Å². The predicted molar refractivity (Wildman–Crippen MR) is 104 cm³/mol. The second-order valence-electron chi connectivity index (χ2n) is 7.13. The van der Waals surface area contributed by atoms with Gasteiger partial charge >= 0.3 is 0 Å². The summed E-state index contributed by atoms with van der Waals surface area (Å²) in [5, 5.41) is 0. The van der Waals surface area contributed by atoms with E-state index in [4.69, 9.17) is 10.5 Å². The molecule has 27 heavy (non-hydrogen) atoms. The van der Waals surface area contributed by atoms with Gasteiger partial charge in [-0.25, -0.2) is 4.39 Å². The van der Waals surface area contributed by atoms with Crippen LogP contribution in [-0.4, -0.2) is 36.6 Å². The number of hydrogen-bond acceptors (Lipinski definition) is 3. The third kappa shape index (κ3) is 4.73. The van der Waals surface area contributed by atoms with Crippen LogP contribution in [0, 0.1) is 5.82 Å². The van der Waals surface area contributed by atoms with Crippen molar-refractivity contribution >= 4 is 6.41 Å².